The minimum Gasteiger partial charge on any atom is -0.365 e. The minimum absolute atomic E-state index is 0.158. The summed E-state index contributed by atoms with van der Waals surface area (Å²) in [4.78, 5) is 23.7. The molecule has 0 fully saturated rings. The van der Waals surface area contributed by atoms with E-state index in [1.165, 1.54) is 6.92 Å². The van der Waals surface area contributed by atoms with E-state index in [1.54, 1.807) is 28.9 Å². The molecular formula is C20H18ClN5O3. The fourth-order valence-corrected chi connectivity index (χ4v) is 3.22. The van der Waals surface area contributed by atoms with Crippen molar-refractivity contribution in [1.82, 2.24) is 15.0 Å². The maximum atomic E-state index is 12.6. The van der Waals surface area contributed by atoms with Gasteiger partial charge in [-0.05, 0) is 42.0 Å². The van der Waals surface area contributed by atoms with Crippen LogP contribution < -0.4 is 10.6 Å². The van der Waals surface area contributed by atoms with Gasteiger partial charge in [0.2, 0.25) is 5.91 Å². The number of anilines is 2. The summed E-state index contributed by atoms with van der Waals surface area (Å²) in [7, 11) is 0. The Labute approximate surface area is 171 Å². The molecule has 0 radical (unpaired) electrons. The first-order valence-electron chi connectivity index (χ1n) is 8.98. The molecule has 29 heavy (non-hydrogen) atoms. The number of carbonyl (C=O) groups is 2. The van der Waals surface area contributed by atoms with Gasteiger partial charge in [0.1, 0.15) is 6.10 Å². The van der Waals surface area contributed by atoms with Gasteiger partial charge in [0.15, 0.2) is 5.69 Å². The molecule has 1 atom stereocenters. The number of rotatable bonds is 4. The molecule has 2 heterocycles. The van der Waals surface area contributed by atoms with Crippen molar-refractivity contribution in [1.29, 1.82) is 0 Å². The number of hydrogen-bond acceptors (Lipinski definition) is 5. The highest BCUT2D eigenvalue weighted by Gasteiger charge is 2.27. The number of nitrogens with one attached hydrogen (secondary N) is 2. The van der Waals surface area contributed by atoms with E-state index < -0.39 is 0 Å². The lowest BCUT2D eigenvalue weighted by Gasteiger charge is -2.24. The largest absolute Gasteiger partial charge is 0.365 e. The van der Waals surface area contributed by atoms with E-state index >= 15 is 0 Å². The molecule has 4 rings (SSSR count). The molecule has 0 saturated heterocycles. The third-order valence-corrected chi connectivity index (χ3v) is 4.77. The van der Waals surface area contributed by atoms with E-state index in [2.05, 4.69) is 20.9 Å². The summed E-state index contributed by atoms with van der Waals surface area (Å²) < 4.78 is 7.61. The highest BCUT2D eigenvalue weighted by Crippen LogP contribution is 2.28. The number of amides is 2. The van der Waals surface area contributed by atoms with E-state index in [9.17, 15) is 9.59 Å². The van der Waals surface area contributed by atoms with Crippen molar-refractivity contribution in [3.63, 3.8) is 0 Å². The van der Waals surface area contributed by atoms with Crippen LogP contribution in [0, 0.1) is 0 Å². The van der Waals surface area contributed by atoms with Gasteiger partial charge in [-0.25, -0.2) is 4.68 Å². The molecule has 0 aliphatic carbocycles. The number of carbonyl (C=O) groups excluding carboxylic acids is 2. The zero-order valence-electron chi connectivity index (χ0n) is 15.6. The highest BCUT2D eigenvalue weighted by molar-refractivity contribution is 6.30. The van der Waals surface area contributed by atoms with Gasteiger partial charge in [-0.15, -0.1) is 5.10 Å². The Balaban J connectivity index is 1.45. The third kappa shape index (κ3) is 4.28. The first kappa shape index (κ1) is 19.1. The number of aromatic nitrogens is 3. The Bertz CT molecular complexity index is 1050. The molecule has 2 aromatic carbocycles. The summed E-state index contributed by atoms with van der Waals surface area (Å²) in [6.07, 6.45) is -0.182. The lowest BCUT2D eigenvalue weighted by atomic mass is 10.1. The lowest BCUT2D eigenvalue weighted by molar-refractivity contribution is -0.114. The van der Waals surface area contributed by atoms with Crippen LogP contribution in [0.5, 0.6) is 0 Å². The smallest absolute Gasteiger partial charge is 0.278 e. The van der Waals surface area contributed by atoms with Crippen LogP contribution in [0.3, 0.4) is 0 Å². The molecular weight excluding hydrogens is 394 g/mol. The normalized spacial score (nSPS) is 15.4. The second kappa shape index (κ2) is 8.02. The van der Waals surface area contributed by atoms with Gasteiger partial charge in [-0.3, -0.25) is 9.59 Å². The predicted molar refractivity (Wildman–Crippen MR) is 108 cm³/mol. The summed E-state index contributed by atoms with van der Waals surface area (Å²) >= 11 is 5.94. The minimum atomic E-state index is -0.368. The number of ether oxygens (including phenoxy) is 1. The van der Waals surface area contributed by atoms with Gasteiger partial charge >= 0.3 is 0 Å². The van der Waals surface area contributed by atoms with Crippen molar-refractivity contribution < 1.29 is 14.3 Å². The Morgan fingerprint density at radius 3 is 2.38 bits per heavy atom. The van der Waals surface area contributed by atoms with Crippen molar-refractivity contribution in [3.8, 4) is 0 Å². The Kier molecular flexibility index (Phi) is 5.28. The molecule has 0 saturated carbocycles. The zero-order valence-corrected chi connectivity index (χ0v) is 16.3. The van der Waals surface area contributed by atoms with E-state index in [-0.39, 0.29) is 30.2 Å². The summed E-state index contributed by atoms with van der Waals surface area (Å²) in [5.41, 5.74) is 3.08. The monoisotopic (exact) mass is 411 g/mol. The van der Waals surface area contributed by atoms with Crippen LogP contribution in [-0.2, 0) is 22.7 Å². The number of nitrogens with zero attached hydrogens (tertiary/aromatic N) is 3. The van der Waals surface area contributed by atoms with Crippen LogP contribution in [0.4, 0.5) is 11.4 Å². The predicted octanol–water partition coefficient (Wildman–Crippen LogP) is 3.41. The average Bonchev–Trinajstić information content (AvgIpc) is 3.13. The molecule has 3 aromatic rings. The van der Waals surface area contributed by atoms with Gasteiger partial charge in [0, 0.05) is 23.3 Å². The molecule has 8 nitrogen and oxygen atoms in total. The Hall–Kier alpha value is -3.23. The van der Waals surface area contributed by atoms with Crippen molar-refractivity contribution in [2.75, 3.05) is 10.6 Å². The second-order valence-corrected chi connectivity index (χ2v) is 7.07. The summed E-state index contributed by atoms with van der Waals surface area (Å²) in [5.74, 6) is -0.526. The van der Waals surface area contributed by atoms with Crippen LogP contribution in [0.1, 0.15) is 34.8 Å². The lowest BCUT2D eigenvalue weighted by Crippen LogP contribution is -2.24. The molecule has 0 bridgehead atoms. The van der Waals surface area contributed by atoms with Gasteiger partial charge in [-0.1, -0.05) is 28.9 Å². The first-order valence-corrected chi connectivity index (χ1v) is 9.36. The molecule has 0 spiro atoms. The number of benzene rings is 2. The van der Waals surface area contributed by atoms with Crippen molar-refractivity contribution in [2.45, 2.75) is 26.2 Å². The van der Waals surface area contributed by atoms with E-state index in [4.69, 9.17) is 16.3 Å². The topological polar surface area (TPSA) is 98.1 Å². The van der Waals surface area contributed by atoms with Crippen molar-refractivity contribution in [2.24, 2.45) is 0 Å². The van der Waals surface area contributed by atoms with Crippen LogP contribution in [0.2, 0.25) is 5.02 Å². The maximum Gasteiger partial charge on any atom is 0.278 e. The number of hydrogen-bond donors (Lipinski definition) is 2. The third-order valence-electron chi connectivity index (χ3n) is 4.52. The van der Waals surface area contributed by atoms with Gasteiger partial charge in [0.05, 0.1) is 18.8 Å². The summed E-state index contributed by atoms with van der Waals surface area (Å²) in [6.45, 7) is 2.12. The van der Waals surface area contributed by atoms with Gasteiger partial charge in [0.25, 0.3) is 5.91 Å². The van der Waals surface area contributed by atoms with Gasteiger partial charge < -0.3 is 15.4 Å². The molecule has 2 N–H and O–H groups in total. The zero-order chi connectivity index (χ0) is 20.4. The SMILES string of the molecule is CC(=O)Nc1ccc(NC(=O)c2nnn3c2CO[C@@H](c2ccc(Cl)cc2)C3)cc1. The standard InChI is InChI=1S/C20H18ClN5O3/c1-12(27)22-15-6-8-16(9-7-15)23-20(28)19-17-11-29-18(10-26(17)25-24-19)13-2-4-14(21)5-3-13/h2-9,18H,10-11H2,1H3,(H,22,27)(H,23,28)/t18-/m1/s1. The number of halogens is 1. The Morgan fingerprint density at radius 2 is 1.72 bits per heavy atom. The Morgan fingerprint density at radius 1 is 1.07 bits per heavy atom. The van der Waals surface area contributed by atoms with Crippen LogP contribution in [-0.4, -0.2) is 26.8 Å². The first-order chi connectivity index (χ1) is 14.0. The van der Waals surface area contributed by atoms with E-state index in [1.807, 2.05) is 24.3 Å². The van der Waals surface area contributed by atoms with E-state index in [0.29, 0.717) is 28.6 Å². The fourth-order valence-electron chi connectivity index (χ4n) is 3.10. The fraction of sp³-hybridized carbons (Fsp3) is 0.200. The van der Waals surface area contributed by atoms with E-state index in [0.717, 1.165) is 5.56 Å². The summed E-state index contributed by atoms with van der Waals surface area (Å²) in [5, 5.41) is 14.3. The molecule has 2 amide bonds. The summed E-state index contributed by atoms with van der Waals surface area (Å²) in [6, 6.07) is 14.3. The quantitative estimate of drug-likeness (QED) is 0.685. The number of fused-ring (bicyclic) bond motifs is 1. The maximum absolute atomic E-state index is 12.6. The molecule has 0 unspecified atom stereocenters. The molecule has 148 valence electrons. The average molecular weight is 412 g/mol. The van der Waals surface area contributed by atoms with Gasteiger partial charge in [-0.2, -0.15) is 0 Å². The van der Waals surface area contributed by atoms with Crippen LogP contribution in [0.25, 0.3) is 0 Å². The van der Waals surface area contributed by atoms with Crippen molar-refractivity contribution in [3.05, 3.63) is 70.5 Å². The highest BCUT2D eigenvalue weighted by atomic mass is 35.5. The second-order valence-electron chi connectivity index (χ2n) is 6.63. The molecule has 9 heteroatoms. The molecule has 1 aliphatic rings. The molecule has 1 aliphatic heterocycles. The van der Waals surface area contributed by atoms with Crippen LogP contribution in [0.15, 0.2) is 48.5 Å². The van der Waals surface area contributed by atoms with Crippen LogP contribution >= 0.6 is 11.6 Å². The van der Waals surface area contributed by atoms with Crippen molar-refractivity contribution >= 4 is 34.8 Å². The molecule has 1 aromatic heterocycles.